The first-order valence-corrected chi connectivity index (χ1v) is 8.21. The van der Waals surface area contributed by atoms with Gasteiger partial charge in [0.05, 0.1) is 17.6 Å². The lowest BCUT2D eigenvalue weighted by atomic mass is 10.1. The maximum absolute atomic E-state index is 12.7. The molecule has 0 saturated carbocycles. The zero-order chi connectivity index (χ0) is 15.8. The molecule has 2 rings (SSSR count). The molecule has 21 heavy (non-hydrogen) atoms. The number of hydrogen-bond acceptors (Lipinski definition) is 4. The normalized spacial score (nSPS) is 24.0. The number of aryl methyl sites for hydroxylation is 1. The van der Waals surface area contributed by atoms with Crippen LogP contribution in [0.2, 0.25) is 0 Å². The number of hydrogen-bond donors (Lipinski definition) is 1. The largest absolute Gasteiger partial charge is 0.375 e. The minimum atomic E-state index is -3.67. The molecule has 1 aromatic rings. The summed E-state index contributed by atoms with van der Waals surface area (Å²) in [4.78, 5) is 11.5. The second kappa shape index (κ2) is 5.75. The van der Waals surface area contributed by atoms with Crippen molar-refractivity contribution in [2.24, 2.45) is 5.73 Å². The first-order chi connectivity index (χ1) is 9.73. The van der Waals surface area contributed by atoms with Gasteiger partial charge in [0.25, 0.3) is 0 Å². The molecule has 116 valence electrons. The van der Waals surface area contributed by atoms with E-state index in [0.717, 1.165) is 0 Å². The molecule has 0 radical (unpaired) electrons. The number of nitrogens with two attached hydrogens (primary N) is 1. The molecule has 0 aliphatic carbocycles. The third-order valence-electron chi connectivity index (χ3n) is 3.63. The Labute approximate surface area is 124 Å². The predicted molar refractivity (Wildman–Crippen MR) is 78.5 cm³/mol. The van der Waals surface area contributed by atoms with Crippen molar-refractivity contribution in [2.75, 3.05) is 13.2 Å². The molecule has 2 N–H and O–H groups in total. The van der Waals surface area contributed by atoms with Crippen LogP contribution >= 0.6 is 0 Å². The fraction of sp³-hybridized carbons (Fsp3) is 0.500. The molecule has 1 aliphatic rings. The third-order valence-corrected chi connectivity index (χ3v) is 5.61. The van der Waals surface area contributed by atoms with Crippen LogP contribution in [0.15, 0.2) is 23.1 Å². The Morgan fingerprint density at radius 2 is 2.05 bits per heavy atom. The van der Waals surface area contributed by atoms with E-state index >= 15 is 0 Å². The summed E-state index contributed by atoms with van der Waals surface area (Å²) in [6.07, 6.45) is -0.156. The van der Waals surface area contributed by atoms with Crippen LogP contribution in [0.5, 0.6) is 0 Å². The summed E-state index contributed by atoms with van der Waals surface area (Å²) in [5.41, 5.74) is 6.17. The number of rotatable bonds is 3. The highest BCUT2D eigenvalue weighted by Crippen LogP contribution is 2.24. The van der Waals surface area contributed by atoms with E-state index in [0.29, 0.717) is 18.7 Å². The molecule has 0 bridgehead atoms. The van der Waals surface area contributed by atoms with E-state index in [1.54, 1.807) is 19.9 Å². The molecule has 1 saturated heterocycles. The lowest BCUT2D eigenvalue weighted by Crippen LogP contribution is -2.50. The van der Waals surface area contributed by atoms with E-state index in [-0.39, 0.29) is 22.6 Å². The first-order valence-electron chi connectivity index (χ1n) is 6.77. The van der Waals surface area contributed by atoms with Gasteiger partial charge in [-0.3, -0.25) is 4.79 Å². The van der Waals surface area contributed by atoms with Crippen molar-refractivity contribution in [3.8, 4) is 0 Å². The average Bonchev–Trinajstić information content (AvgIpc) is 2.41. The summed E-state index contributed by atoms with van der Waals surface area (Å²) < 4.78 is 32.4. The number of benzene rings is 1. The molecule has 1 fully saturated rings. The lowest BCUT2D eigenvalue weighted by molar-refractivity contribution is -0.0170. The van der Waals surface area contributed by atoms with E-state index in [2.05, 4.69) is 0 Å². The fourth-order valence-corrected chi connectivity index (χ4v) is 4.09. The molecule has 0 spiro atoms. The Morgan fingerprint density at radius 1 is 1.38 bits per heavy atom. The number of amides is 1. The van der Waals surface area contributed by atoms with Crippen molar-refractivity contribution >= 4 is 15.9 Å². The second-order valence-electron chi connectivity index (χ2n) is 5.41. The third kappa shape index (κ3) is 3.09. The molecule has 0 aromatic heterocycles. The number of primary amides is 1. The molecule has 0 unspecified atom stereocenters. The zero-order valence-corrected chi connectivity index (χ0v) is 13.2. The van der Waals surface area contributed by atoms with E-state index in [9.17, 15) is 13.2 Å². The maximum Gasteiger partial charge on any atom is 0.249 e. The van der Waals surface area contributed by atoms with E-state index in [4.69, 9.17) is 10.5 Å². The quantitative estimate of drug-likeness (QED) is 0.897. The van der Waals surface area contributed by atoms with Gasteiger partial charge in [0.1, 0.15) is 0 Å². The molecule has 6 nitrogen and oxygen atoms in total. The summed E-state index contributed by atoms with van der Waals surface area (Å²) in [6, 6.07) is 4.20. The Balaban J connectivity index is 2.44. The lowest BCUT2D eigenvalue weighted by Gasteiger charge is -2.35. The topological polar surface area (TPSA) is 89.7 Å². The Hall–Kier alpha value is -1.44. The smallest absolute Gasteiger partial charge is 0.249 e. The highest BCUT2D eigenvalue weighted by molar-refractivity contribution is 7.89. The van der Waals surface area contributed by atoms with Crippen molar-refractivity contribution in [3.05, 3.63) is 29.3 Å². The predicted octanol–water partition coefficient (Wildman–Crippen LogP) is 0.892. The summed E-state index contributed by atoms with van der Waals surface area (Å²) >= 11 is 0. The summed E-state index contributed by atoms with van der Waals surface area (Å²) in [5, 5.41) is 0. The van der Waals surface area contributed by atoms with E-state index in [1.165, 1.54) is 16.4 Å². The number of nitrogens with zero attached hydrogens (tertiary/aromatic N) is 1. The Kier molecular flexibility index (Phi) is 4.36. The highest BCUT2D eigenvalue weighted by atomic mass is 32.2. The van der Waals surface area contributed by atoms with Gasteiger partial charge >= 0.3 is 0 Å². The van der Waals surface area contributed by atoms with Gasteiger partial charge in [-0.2, -0.15) is 4.31 Å². The fourth-order valence-electron chi connectivity index (χ4n) is 2.37. The number of carbonyl (C=O) groups is 1. The number of carbonyl (C=O) groups excluding carboxylic acids is 1. The number of ether oxygens (including phenoxy) is 1. The summed E-state index contributed by atoms with van der Waals surface area (Å²) in [5.74, 6) is -0.632. The van der Waals surface area contributed by atoms with Crippen LogP contribution in [-0.2, 0) is 14.8 Å². The minimum Gasteiger partial charge on any atom is -0.375 e. The van der Waals surface area contributed by atoms with Crippen LogP contribution in [0.1, 0.15) is 29.8 Å². The van der Waals surface area contributed by atoms with Gasteiger partial charge in [0, 0.05) is 18.2 Å². The van der Waals surface area contributed by atoms with Gasteiger partial charge < -0.3 is 10.5 Å². The van der Waals surface area contributed by atoms with Crippen molar-refractivity contribution in [1.82, 2.24) is 4.31 Å². The van der Waals surface area contributed by atoms with Gasteiger partial charge in [-0.15, -0.1) is 0 Å². The molecular weight excluding hydrogens is 292 g/mol. The molecule has 1 heterocycles. The van der Waals surface area contributed by atoms with Gasteiger partial charge in [-0.25, -0.2) is 8.42 Å². The zero-order valence-electron chi connectivity index (χ0n) is 12.4. The van der Waals surface area contributed by atoms with Crippen molar-refractivity contribution < 1.29 is 17.9 Å². The number of morpholine rings is 1. The van der Waals surface area contributed by atoms with E-state index < -0.39 is 15.9 Å². The van der Waals surface area contributed by atoms with Gasteiger partial charge in [0.2, 0.25) is 15.9 Å². The van der Waals surface area contributed by atoms with Gasteiger partial charge in [0.15, 0.2) is 0 Å². The summed E-state index contributed by atoms with van der Waals surface area (Å²) in [6.45, 7) is 6.00. The van der Waals surface area contributed by atoms with Crippen LogP contribution in [0.25, 0.3) is 0 Å². The van der Waals surface area contributed by atoms with Crippen LogP contribution in [0.3, 0.4) is 0 Å². The molecular formula is C14H20N2O4S. The first kappa shape index (κ1) is 15.9. The Bertz CT molecular complexity index is 657. The van der Waals surface area contributed by atoms with Crippen molar-refractivity contribution in [1.29, 1.82) is 0 Å². The average molecular weight is 312 g/mol. The molecule has 2 atom stereocenters. The van der Waals surface area contributed by atoms with Crippen LogP contribution < -0.4 is 5.73 Å². The second-order valence-corrected chi connectivity index (χ2v) is 7.30. The molecule has 1 aromatic carbocycles. The van der Waals surface area contributed by atoms with E-state index in [1.807, 2.05) is 6.92 Å². The highest BCUT2D eigenvalue weighted by Gasteiger charge is 2.34. The SMILES string of the molecule is Cc1ccc(S(=O)(=O)N2C[C@@H](C)OC[C@@H]2C)cc1C(N)=O. The standard InChI is InChI=1S/C14H20N2O4S/c1-9-4-5-12(6-13(9)14(15)17)21(18,19)16-7-11(3)20-8-10(16)2/h4-6,10-11H,7-8H2,1-3H3,(H2,15,17)/t10-,11+/m0/s1. The molecule has 7 heteroatoms. The Morgan fingerprint density at radius 3 is 2.67 bits per heavy atom. The molecule has 1 amide bonds. The van der Waals surface area contributed by atoms with Gasteiger partial charge in [-0.05, 0) is 38.5 Å². The molecule has 1 aliphatic heterocycles. The van der Waals surface area contributed by atoms with Gasteiger partial charge in [-0.1, -0.05) is 6.07 Å². The van der Waals surface area contributed by atoms with Crippen molar-refractivity contribution in [2.45, 2.75) is 37.8 Å². The van der Waals surface area contributed by atoms with Crippen LogP contribution in [-0.4, -0.2) is 43.9 Å². The minimum absolute atomic E-state index is 0.0860. The monoisotopic (exact) mass is 312 g/mol. The van der Waals surface area contributed by atoms with Crippen molar-refractivity contribution in [3.63, 3.8) is 0 Å². The summed E-state index contributed by atoms with van der Waals surface area (Å²) in [7, 11) is -3.67. The maximum atomic E-state index is 12.7. The number of sulfonamides is 1. The van der Waals surface area contributed by atoms with Crippen LogP contribution in [0.4, 0.5) is 0 Å². The van der Waals surface area contributed by atoms with Crippen LogP contribution in [0, 0.1) is 6.92 Å².